The summed E-state index contributed by atoms with van der Waals surface area (Å²) in [6.45, 7) is 1.51. The van der Waals surface area contributed by atoms with E-state index in [9.17, 15) is 14.4 Å². The van der Waals surface area contributed by atoms with Gasteiger partial charge >= 0.3 is 5.97 Å². The molecule has 24 heavy (non-hydrogen) atoms. The highest BCUT2D eigenvalue weighted by molar-refractivity contribution is 7.14. The Bertz CT molecular complexity index is 757. The van der Waals surface area contributed by atoms with Crippen LogP contribution >= 0.6 is 22.9 Å². The molecule has 5 nitrogen and oxygen atoms in total. The molecule has 1 aromatic heterocycles. The number of ether oxygens (including phenoxy) is 1. The van der Waals surface area contributed by atoms with Crippen molar-refractivity contribution in [1.82, 2.24) is 0 Å². The summed E-state index contributed by atoms with van der Waals surface area (Å²) in [5.74, 6) is -1.16. The SMILES string of the molecule is Cc1ccc(C(=O)CCC(=O)OCC(=O)Nc2cccc(Cl)c2)s1. The fraction of sp³-hybridized carbons (Fsp3) is 0.235. The molecular weight excluding hydrogens is 350 g/mol. The zero-order valence-electron chi connectivity index (χ0n) is 13.0. The summed E-state index contributed by atoms with van der Waals surface area (Å²) >= 11 is 7.20. The molecule has 0 radical (unpaired) electrons. The van der Waals surface area contributed by atoms with Gasteiger partial charge in [-0.2, -0.15) is 0 Å². The number of ketones is 1. The maximum absolute atomic E-state index is 11.9. The Balaban J connectivity index is 1.71. The van der Waals surface area contributed by atoms with E-state index in [0.29, 0.717) is 15.6 Å². The molecule has 1 N–H and O–H groups in total. The molecule has 1 aromatic carbocycles. The highest BCUT2D eigenvalue weighted by Crippen LogP contribution is 2.17. The quantitative estimate of drug-likeness (QED) is 0.597. The highest BCUT2D eigenvalue weighted by Gasteiger charge is 2.13. The molecule has 0 atom stereocenters. The number of halogens is 1. The lowest BCUT2D eigenvalue weighted by Gasteiger charge is -2.06. The number of carbonyl (C=O) groups is 3. The van der Waals surface area contributed by atoms with Crippen molar-refractivity contribution < 1.29 is 19.1 Å². The number of hydrogen-bond acceptors (Lipinski definition) is 5. The van der Waals surface area contributed by atoms with E-state index in [0.717, 1.165) is 4.88 Å². The van der Waals surface area contributed by atoms with Crippen LogP contribution in [0.4, 0.5) is 5.69 Å². The normalized spacial score (nSPS) is 10.2. The van der Waals surface area contributed by atoms with Gasteiger partial charge < -0.3 is 10.1 Å². The second-order valence-corrected chi connectivity index (χ2v) is 6.78. The van der Waals surface area contributed by atoms with Gasteiger partial charge in [0.05, 0.1) is 11.3 Å². The van der Waals surface area contributed by atoms with Gasteiger partial charge in [0.15, 0.2) is 12.4 Å². The largest absolute Gasteiger partial charge is 0.456 e. The molecule has 2 aromatic rings. The molecule has 0 unspecified atom stereocenters. The summed E-state index contributed by atoms with van der Waals surface area (Å²) in [6, 6.07) is 10.2. The molecule has 0 saturated heterocycles. The minimum atomic E-state index is -0.585. The van der Waals surface area contributed by atoms with Crippen molar-refractivity contribution in [1.29, 1.82) is 0 Å². The minimum Gasteiger partial charge on any atom is -0.456 e. The van der Waals surface area contributed by atoms with Crippen LogP contribution in [0.1, 0.15) is 27.4 Å². The lowest BCUT2D eigenvalue weighted by atomic mass is 10.2. The Morgan fingerprint density at radius 1 is 1.17 bits per heavy atom. The first kappa shape index (κ1) is 18.2. The van der Waals surface area contributed by atoms with E-state index in [1.165, 1.54) is 11.3 Å². The van der Waals surface area contributed by atoms with Crippen LogP contribution in [0.15, 0.2) is 36.4 Å². The first-order valence-corrected chi connectivity index (χ1v) is 8.44. The van der Waals surface area contributed by atoms with Crippen LogP contribution in [0.3, 0.4) is 0 Å². The van der Waals surface area contributed by atoms with Gasteiger partial charge in [0.2, 0.25) is 0 Å². The topological polar surface area (TPSA) is 72.5 Å². The second kappa shape index (κ2) is 8.61. The molecule has 0 aliphatic heterocycles. The molecule has 0 saturated carbocycles. The Morgan fingerprint density at radius 2 is 1.96 bits per heavy atom. The summed E-state index contributed by atoms with van der Waals surface area (Å²) < 4.78 is 4.86. The Morgan fingerprint density at radius 3 is 2.62 bits per heavy atom. The number of benzene rings is 1. The monoisotopic (exact) mass is 365 g/mol. The average molecular weight is 366 g/mol. The van der Waals surface area contributed by atoms with Gasteiger partial charge in [-0.05, 0) is 37.3 Å². The van der Waals surface area contributed by atoms with Crippen LogP contribution in [0.5, 0.6) is 0 Å². The van der Waals surface area contributed by atoms with E-state index in [1.54, 1.807) is 30.3 Å². The van der Waals surface area contributed by atoms with Gasteiger partial charge in [-0.3, -0.25) is 14.4 Å². The van der Waals surface area contributed by atoms with Gasteiger partial charge in [-0.1, -0.05) is 17.7 Å². The van der Waals surface area contributed by atoms with Crippen LogP contribution in [-0.2, 0) is 14.3 Å². The number of nitrogens with one attached hydrogen (secondary N) is 1. The van der Waals surface area contributed by atoms with Crippen molar-refractivity contribution in [3.05, 3.63) is 51.2 Å². The van der Waals surface area contributed by atoms with Crippen LogP contribution in [0.2, 0.25) is 5.02 Å². The first-order valence-electron chi connectivity index (χ1n) is 7.25. The van der Waals surface area contributed by atoms with E-state index >= 15 is 0 Å². The van der Waals surface area contributed by atoms with Gasteiger partial charge in [0, 0.05) is 22.0 Å². The summed E-state index contributed by atoms with van der Waals surface area (Å²) in [5.41, 5.74) is 0.520. The maximum atomic E-state index is 11.9. The zero-order valence-corrected chi connectivity index (χ0v) is 14.6. The van der Waals surface area contributed by atoms with Crippen LogP contribution < -0.4 is 5.32 Å². The van der Waals surface area contributed by atoms with Crippen molar-refractivity contribution in [3.63, 3.8) is 0 Å². The Hall–Kier alpha value is -2.18. The molecule has 0 spiro atoms. The Labute approximate surface area is 148 Å². The van der Waals surface area contributed by atoms with E-state index in [1.807, 2.05) is 13.0 Å². The molecule has 0 bridgehead atoms. The molecule has 2 rings (SSSR count). The standard InChI is InChI=1S/C17H16ClNO4S/c1-11-5-7-15(24-11)14(20)6-8-17(22)23-10-16(21)19-13-4-2-3-12(18)9-13/h2-5,7,9H,6,8,10H2,1H3,(H,19,21). The van der Waals surface area contributed by atoms with E-state index in [-0.39, 0.29) is 18.6 Å². The number of Topliss-reactive ketones (excluding diaryl/α,β-unsaturated/α-hetero) is 1. The number of amides is 1. The fourth-order valence-electron chi connectivity index (χ4n) is 1.90. The second-order valence-electron chi connectivity index (χ2n) is 5.05. The number of esters is 1. The third-order valence-corrected chi connectivity index (χ3v) is 4.32. The van der Waals surface area contributed by atoms with Crippen LogP contribution in [0.25, 0.3) is 0 Å². The smallest absolute Gasteiger partial charge is 0.306 e. The predicted molar refractivity (Wildman–Crippen MR) is 93.7 cm³/mol. The van der Waals surface area contributed by atoms with Crippen LogP contribution in [-0.4, -0.2) is 24.3 Å². The maximum Gasteiger partial charge on any atom is 0.306 e. The molecule has 0 fully saturated rings. The van der Waals surface area contributed by atoms with Gasteiger partial charge in [0.1, 0.15) is 0 Å². The summed E-state index contributed by atoms with van der Waals surface area (Å²) in [6.07, 6.45) is 0.00885. The predicted octanol–water partition coefficient (Wildman–Crippen LogP) is 3.85. The third-order valence-electron chi connectivity index (χ3n) is 3.04. The Kier molecular flexibility index (Phi) is 6.52. The number of hydrogen-bond donors (Lipinski definition) is 1. The van der Waals surface area contributed by atoms with Gasteiger partial charge in [-0.15, -0.1) is 11.3 Å². The number of thiophene rings is 1. The lowest BCUT2D eigenvalue weighted by molar-refractivity contribution is -0.147. The van der Waals surface area contributed by atoms with Crippen molar-refractivity contribution in [3.8, 4) is 0 Å². The first-order chi connectivity index (χ1) is 11.4. The van der Waals surface area contributed by atoms with E-state index in [4.69, 9.17) is 16.3 Å². The summed E-state index contributed by atoms with van der Waals surface area (Å²) in [7, 11) is 0. The molecule has 1 heterocycles. The van der Waals surface area contributed by atoms with Gasteiger partial charge in [0.25, 0.3) is 5.91 Å². The molecule has 1 amide bonds. The third kappa shape index (κ3) is 5.79. The van der Waals surface area contributed by atoms with E-state index in [2.05, 4.69) is 5.32 Å². The fourth-order valence-corrected chi connectivity index (χ4v) is 2.93. The number of carbonyl (C=O) groups excluding carboxylic acids is 3. The molecule has 7 heteroatoms. The average Bonchev–Trinajstić information content (AvgIpc) is 2.97. The van der Waals surface area contributed by atoms with E-state index < -0.39 is 18.5 Å². The number of rotatable bonds is 7. The molecule has 0 aliphatic rings. The lowest BCUT2D eigenvalue weighted by Crippen LogP contribution is -2.21. The zero-order chi connectivity index (χ0) is 17.5. The van der Waals surface area contributed by atoms with Crippen molar-refractivity contribution in [2.75, 3.05) is 11.9 Å². The van der Waals surface area contributed by atoms with Crippen molar-refractivity contribution in [2.45, 2.75) is 19.8 Å². The van der Waals surface area contributed by atoms with Gasteiger partial charge in [-0.25, -0.2) is 0 Å². The van der Waals surface area contributed by atoms with Crippen LogP contribution in [0, 0.1) is 6.92 Å². The number of aryl methyl sites for hydroxylation is 1. The summed E-state index contributed by atoms with van der Waals surface area (Å²) in [5, 5.41) is 3.06. The van der Waals surface area contributed by atoms with Crippen molar-refractivity contribution >= 4 is 46.3 Å². The highest BCUT2D eigenvalue weighted by atomic mass is 35.5. The minimum absolute atomic E-state index is 0.0553. The summed E-state index contributed by atoms with van der Waals surface area (Å²) in [4.78, 5) is 36.9. The number of anilines is 1. The molecule has 0 aliphatic carbocycles. The van der Waals surface area contributed by atoms with Crippen molar-refractivity contribution in [2.24, 2.45) is 0 Å². The molecular formula is C17H16ClNO4S. The molecule has 126 valence electrons.